The molecule has 0 unspecified atom stereocenters. The first-order valence-corrected chi connectivity index (χ1v) is 6.36. The molecule has 5 nitrogen and oxygen atoms in total. The molecule has 1 N–H and O–H groups in total. The van der Waals surface area contributed by atoms with Crippen molar-refractivity contribution in [2.45, 2.75) is 19.4 Å². The number of carbonyl (C=O) groups excluding carboxylic acids is 1. The molecule has 1 fully saturated rings. The zero-order valence-corrected chi connectivity index (χ0v) is 11.1. The van der Waals surface area contributed by atoms with Gasteiger partial charge in [0.2, 0.25) is 0 Å². The third-order valence-electron chi connectivity index (χ3n) is 3.18. The highest BCUT2D eigenvalue weighted by Gasteiger charge is 2.27. The molecular formula is C14H16FNO4. The predicted molar refractivity (Wildman–Crippen MR) is 69.0 cm³/mol. The van der Waals surface area contributed by atoms with Gasteiger partial charge < -0.3 is 14.7 Å². The van der Waals surface area contributed by atoms with Crippen LogP contribution in [0.15, 0.2) is 18.2 Å². The lowest BCUT2D eigenvalue weighted by atomic mass is 10.1. The smallest absolute Gasteiger partial charge is 0.306 e. The Morgan fingerprint density at radius 1 is 1.50 bits per heavy atom. The van der Waals surface area contributed by atoms with Crippen molar-refractivity contribution in [1.82, 2.24) is 4.90 Å². The lowest BCUT2D eigenvalue weighted by Crippen LogP contribution is -2.46. The van der Waals surface area contributed by atoms with Gasteiger partial charge in [-0.3, -0.25) is 9.59 Å². The molecule has 1 aromatic rings. The van der Waals surface area contributed by atoms with E-state index in [9.17, 15) is 14.0 Å². The molecule has 1 aromatic carbocycles. The van der Waals surface area contributed by atoms with Crippen molar-refractivity contribution in [2.75, 3.05) is 19.7 Å². The largest absolute Gasteiger partial charge is 0.481 e. The van der Waals surface area contributed by atoms with Crippen LogP contribution in [-0.4, -0.2) is 47.7 Å². The quantitative estimate of drug-likeness (QED) is 0.910. The van der Waals surface area contributed by atoms with Gasteiger partial charge in [-0.25, -0.2) is 4.39 Å². The standard InChI is InChI=1S/C14H16FNO4/c1-9-2-3-12(15)11(6-9)14(19)16-4-5-20-10(8-16)7-13(17)18/h2-3,6,10H,4-5,7-8H2,1H3,(H,17,18)/t10-/m1/s1. The Bertz CT molecular complexity index is 532. The number of nitrogens with zero attached hydrogens (tertiary/aromatic N) is 1. The van der Waals surface area contributed by atoms with Gasteiger partial charge >= 0.3 is 5.97 Å². The highest BCUT2D eigenvalue weighted by molar-refractivity contribution is 5.94. The summed E-state index contributed by atoms with van der Waals surface area (Å²) in [6.45, 7) is 2.54. The van der Waals surface area contributed by atoms with Gasteiger partial charge in [0.15, 0.2) is 0 Å². The number of carboxylic acids is 1. The number of ether oxygens (including phenoxy) is 1. The van der Waals surface area contributed by atoms with Gasteiger partial charge in [-0.2, -0.15) is 0 Å². The fourth-order valence-corrected chi connectivity index (χ4v) is 2.20. The molecule has 1 heterocycles. The number of carboxylic acid groups (broad SMARTS) is 1. The summed E-state index contributed by atoms with van der Waals surface area (Å²) < 4.78 is 19.0. The zero-order chi connectivity index (χ0) is 14.7. The molecule has 1 saturated heterocycles. The monoisotopic (exact) mass is 281 g/mol. The first kappa shape index (κ1) is 14.5. The number of amides is 1. The molecule has 108 valence electrons. The number of hydrogen-bond acceptors (Lipinski definition) is 3. The minimum atomic E-state index is -0.981. The zero-order valence-electron chi connectivity index (χ0n) is 11.1. The number of benzene rings is 1. The Hall–Kier alpha value is -1.95. The van der Waals surface area contributed by atoms with Gasteiger partial charge in [-0.1, -0.05) is 11.6 Å². The van der Waals surface area contributed by atoms with E-state index in [2.05, 4.69) is 0 Å². The normalized spacial score (nSPS) is 18.9. The van der Waals surface area contributed by atoms with Crippen LogP contribution in [0.5, 0.6) is 0 Å². The molecular weight excluding hydrogens is 265 g/mol. The molecule has 1 atom stereocenters. The maximum Gasteiger partial charge on any atom is 0.306 e. The van der Waals surface area contributed by atoms with Gasteiger partial charge in [0.05, 0.1) is 24.7 Å². The van der Waals surface area contributed by atoms with Crippen molar-refractivity contribution < 1.29 is 23.8 Å². The average molecular weight is 281 g/mol. The number of morpholine rings is 1. The van der Waals surface area contributed by atoms with E-state index in [-0.39, 0.29) is 25.1 Å². The Balaban J connectivity index is 2.12. The Morgan fingerprint density at radius 2 is 2.25 bits per heavy atom. The number of aryl methyl sites for hydroxylation is 1. The molecule has 0 aliphatic carbocycles. The van der Waals surface area contributed by atoms with Crippen LogP contribution < -0.4 is 0 Å². The second kappa shape index (κ2) is 6.00. The molecule has 2 rings (SSSR count). The minimum absolute atomic E-state index is 0.0148. The van der Waals surface area contributed by atoms with Crippen LogP contribution in [0.4, 0.5) is 4.39 Å². The van der Waals surface area contributed by atoms with E-state index in [0.717, 1.165) is 5.56 Å². The predicted octanol–water partition coefficient (Wildman–Crippen LogP) is 1.45. The second-order valence-electron chi connectivity index (χ2n) is 4.83. The number of halogens is 1. The lowest BCUT2D eigenvalue weighted by Gasteiger charge is -2.32. The molecule has 20 heavy (non-hydrogen) atoms. The molecule has 0 aromatic heterocycles. The molecule has 0 bridgehead atoms. The van der Waals surface area contributed by atoms with Crippen molar-refractivity contribution >= 4 is 11.9 Å². The summed E-state index contributed by atoms with van der Waals surface area (Å²) in [5.41, 5.74) is 0.811. The van der Waals surface area contributed by atoms with Crippen molar-refractivity contribution in [3.8, 4) is 0 Å². The summed E-state index contributed by atoms with van der Waals surface area (Å²) in [6.07, 6.45) is -0.710. The van der Waals surface area contributed by atoms with E-state index >= 15 is 0 Å². The lowest BCUT2D eigenvalue weighted by molar-refractivity contribution is -0.141. The van der Waals surface area contributed by atoms with Crippen LogP contribution >= 0.6 is 0 Å². The van der Waals surface area contributed by atoms with E-state index < -0.39 is 23.8 Å². The summed E-state index contributed by atoms with van der Waals surface area (Å²) in [6, 6.07) is 4.36. The number of hydrogen-bond donors (Lipinski definition) is 1. The Morgan fingerprint density at radius 3 is 2.95 bits per heavy atom. The van der Waals surface area contributed by atoms with E-state index in [1.54, 1.807) is 13.0 Å². The average Bonchev–Trinajstić information content (AvgIpc) is 2.40. The van der Waals surface area contributed by atoms with E-state index in [0.29, 0.717) is 6.54 Å². The SMILES string of the molecule is Cc1ccc(F)c(C(=O)N2CCO[C@H](CC(=O)O)C2)c1. The molecule has 0 spiro atoms. The van der Waals surface area contributed by atoms with Crippen LogP contribution in [0.2, 0.25) is 0 Å². The van der Waals surface area contributed by atoms with E-state index in [1.807, 2.05) is 0 Å². The van der Waals surface area contributed by atoms with E-state index in [4.69, 9.17) is 9.84 Å². The molecule has 1 aliphatic heterocycles. The van der Waals surface area contributed by atoms with Gasteiger partial charge in [0.1, 0.15) is 5.82 Å². The summed E-state index contributed by atoms with van der Waals surface area (Å²) in [5.74, 6) is -1.97. The molecule has 6 heteroatoms. The maximum atomic E-state index is 13.7. The number of carbonyl (C=O) groups is 2. The fraction of sp³-hybridized carbons (Fsp3) is 0.429. The number of aliphatic carboxylic acids is 1. The summed E-state index contributed by atoms with van der Waals surface area (Å²) in [4.78, 5) is 24.4. The summed E-state index contributed by atoms with van der Waals surface area (Å²) in [5, 5.41) is 8.74. The van der Waals surface area contributed by atoms with Crippen LogP contribution in [0.1, 0.15) is 22.3 Å². The molecule has 1 aliphatic rings. The maximum absolute atomic E-state index is 13.7. The van der Waals surface area contributed by atoms with Gasteiger partial charge in [0, 0.05) is 13.1 Å². The number of rotatable bonds is 3. The summed E-state index contributed by atoms with van der Waals surface area (Å²) in [7, 11) is 0. The molecule has 0 saturated carbocycles. The van der Waals surface area contributed by atoms with Crippen LogP contribution in [0.25, 0.3) is 0 Å². The van der Waals surface area contributed by atoms with Gasteiger partial charge in [-0.15, -0.1) is 0 Å². The van der Waals surface area contributed by atoms with Crippen molar-refractivity contribution in [3.05, 3.63) is 35.1 Å². The highest BCUT2D eigenvalue weighted by atomic mass is 19.1. The second-order valence-corrected chi connectivity index (χ2v) is 4.83. The van der Waals surface area contributed by atoms with Gasteiger partial charge in [-0.05, 0) is 19.1 Å². The fourth-order valence-electron chi connectivity index (χ4n) is 2.20. The highest BCUT2D eigenvalue weighted by Crippen LogP contribution is 2.16. The van der Waals surface area contributed by atoms with Crippen LogP contribution in [-0.2, 0) is 9.53 Å². The summed E-state index contributed by atoms with van der Waals surface area (Å²) >= 11 is 0. The van der Waals surface area contributed by atoms with Crippen LogP contribution in [0, 0.1) is 12.7 Å². The minimum Gasteiger partial charge on any atom is -0.481 e. The Labute approximate surface area is 116 Å². The molecule has 1 amide bonds. The molecule has 0 radical (unpaired) electrons. The topological polar surface area (TPSA) is 66.8 Å². The third kappa shape index (κ3) is 3.33. The van der Waals surface area contributed by atoms with Crippen molar-refractivity contribution in [3.63, 3.8) is 0 Å². The Kier molecular flexibility index (Phi) is 4.34. The first-order chi connectivity index (χ1) is 9.47. The van der Waals surface area contributed by atoms with Crippen molar-refractivity contribution in [1.29, 1.82) is 0 Å². The van der Waals surface area contributed by atoms with Gasteiger partial charge in [0.25, 0.3) is 5.91 Å². The third-order valence-corrected chi connectivity index (χ3v) is 3.18. The van der Waals surface area contributed by atoms with E-state index in [1.165, 1.54) is 17.0 Å². The first-order valence-electron chi connectivity index (χ1n) is 6.36. The van der Waals surface area contributed by atoms with Crippen LogP contribution in [0.3, 0.4) is 0 Å². The van der Waals surface area contributed by atoms with Crippen molar-refractivity contribution in [2.24, 2.45) is 0 Å².